The number of carbonyl (C=O) groups is 1. The van der Waals surface area contributed by atoms with Crippen LogP contribution in [0.25, 0.3) is 0 Å². The van der Waals surface area contributed by atoms with Crippen molar-refractivity contribution >= 4 is 33.2 Å². The summed E-state index contributed by atoms with van der Waals surface area (Å²) in [5.41, 5.74) is 1.97. The lowest BCUT2D eigenvalue weighted by molar-refractivity contribution is 0.0595. The number of hydrogen-bond donors (Lipinski definition) is 0. The molecular formula is C23H28ClN3O3S. The Balaban J connectivity index is 1.62. The van der Waals surface area contributed by atoms with E-state index in [4.69, 9.17) is 11.6 Å². The lowest BCUT2D eigenvalue weighted by Gasteiger charge is -2.37. The largest absolute Gasteiger partial charge is 0.336 e. The number of nitrogens with zero attached hydrogens (tertiary/aromatic N) is 3. The normalized spacial score (nSPS) is 17.7. The number of sulfonamides is 1. The van der Waals surface area contributed by atoms with Gasteiger partial charge in [0.1, 0.15) is 0 Å². The molecule has 2 heterocycles. The smallest absolute Gasteiger partial charge is 0.264 e. The zero-order valence-corrected chi connectivity index (χ0v) is 19.5. The van der Waals surface area contributed by atoms with E-state index in [9.17, 15) is 13.2 Å². The molecule has 0 aromatic heterocycles. The molecule has 0 spiro atoms. The highest BCUT2D eigenvalue weighted by atomic mass is 35.5. The highest BCUT2D eigenvalue weighted by Gasteiger charge is 2.31. The van der Waals surface area contributed by atoms with E-state index in [1.165, 1.54) is 22.5 Å². The van der Waals surface area contributed by atoms with Crippen LogP contribution in [0.1, 0.15) is 36.2 Å². The van der Waals surface area contributed by atoms with Crippen molar-refractivity contribution in [2.24, 2.45) is 0 Å². The Morgan fingerprint density at radius 1 is 1.00 bits per heavy atom. The summed E-state index contributed by atoms with van der Waals surface area (Å²) in [6.45, 7) is 7.49. The number of amides is 1. The molecule has 2 aromatic rings. The van der Waals surface area contributed by atoms with Crippen molar-refractivity contribution in [1.82, 2.24) is 9.80 Å². The lowest BCUT2D eigenvalue weighted by Crippen LogP contribution is -2.50. The van der Waals surface area contributed by atoms with Gasteiger partial charge < -0.3 is 4.90 Å². The average molecular weight is 462 g/mol. The lowest BCUT2D eigenvalue weighted by atomic mass is 10.0. The van der Waals surface area contributed by atoms with E-state index < -0.39 is 10.0 Å². The maximum absolute atomic E-state index is 13.5. The van der Waals surface area contributed by atoms with Crippen LogP contribution in [-0.4, -0.2) is 62.9 Å². The molecule has 0 saturated carbocycles. The van der Waals surface area contributed by atoms with Crippen LogP contribution in [0.5, 0.6) is 0 Å². The highest BCUT2D eigenvalue weighted by molar-refractivity contribution is 7.92. The van der Waals surface area contributed by atoms with Crippen LogP contribution < -0.4 is 4.31 Å². The molecule has 8 heteroatoms. The number of piperazine rings is 1. The molecule has 0 radical (unpaired) electrons. The van der Waals surface area contributed by atoms with E-state index in [2.05, 4.69) is 18.7 Å². The number of anilines is 1. The Morgan fingerprint density at radius 2 is 1.71 bits per heavy atom. The minimum absolute atomic E-state index is 0.0952. The van der Waals surface area contributed by atoms with Crippen LogP contribution in [0.2, 0.25) is 5.02 Å². The fourth-order valence-corrected chi connectivity index (χ4v) is 6.08. The van der Waals surface area contributed by atoms with Gasteiger partial charge in [0.15, 0.2) is 0 Å². The van der Waals surface area contributed by atoms with Gasteiger partial charge in [-0.25, -0.2) is 8.42 Å². The fraction of sp³-hybridized carbons (Fsp3) is 0.435. The summed E-state index contributed by atoms with van der Waals surface area (Å²) in [7, 11) is -3.80. The Bertz CT molecular complexity index is 1080. The first-order valence-corrected chi connectivity index (χ1v) is 12.5. The minimum atomic E-state index is -3.80. The first kappa shape index (κ1) is 22.1. The van der Waals surface area contributed by atoms with Crippen molar-refractivity contribution in [2.45, 2.75) is 37.6 Å². The summed E-state index contributed by atoms with van der Waals surface area (Å²) >= 11 is 6.34. The molecule has 1 amide bonds. The molecule has 6 nitrogen and oxygen atoms in total. The molecule has 0 unspecified atom stereocenters. The molecule has 2 aliphatic rings. The number of carbonyl (C=O) groups excluding carboxylic acids is 1. The number of halogens is 1. The van der Waals surface area contributed by atoms with E-state index in [1.807, 2.05) is 24.3 Å². The molecule has 2 aromatic carbocycles. The SMILES string of the molecule is CC(C)N1CCN(C(=O)c2cc(S(=O)(=O)N3CCCc4ccccc43)ccc2Cl)CC1. The Hall–Kier alpha value is -2.09. The second-order valence-corrected chi connectivity index (χ2v) is 10.6. The fourth-order valence-electron chi connectivity index (χ4n) is 4.32. The average Bonchev–Trinajstić information content (AvgIpc) is 2.78. The first-order valence-electron chi connectivity index (χ1n) is 10.7. The monoisotopic (exact) mass is 461 g/mol. The molecule has 0 N–H and O–H groups in total. The van der Waals surface area contributed by atoms with Crippen molar-refractivity contribution in [2.75, 3.05) is 37.0 Å². The molecule has 1 fully saturated rings. The molecular weight excluding hydrogens is 434 g/mol. The van der Waals surface area contributed by atoms with Crippen molar-refractivity contribution in [3.8, 4) is 0 Å². The van der Waals surface area contributed by atoms with Crippen LogP contribution in [0.4, 0.5) is 5.69 Å². The third kappa shape index (κ3) is 4.31. The molecule has 0 atom stereocenters. The zero-order chi connectivity index (χ0) is 22.2. The minimum Gasteiger partial charge on any atom is -0.336 e. The molecule has 4 rings (SSSR count). The van der Waals surface area contributed by atoms with Gasteiger partial charge in [0, 0.05) is 38.8 Å². The number of hydrogen-bond acceptors (Lipinski definition) is 4. The third-order valence-electron chi connectivity index (χ3n) is 6.16. The van der Waals surface area contributed by atoms with Crippen LogP contribution in [0.15, 0.2) is 47.4 Å². The van der Waals surface area contributed by atoms with Crippen molar-refractivity contribution in [3.05, 3.63) is 58.6 Å². The summed E-state index contributed by atoms with van der Waals surface area (Å²) in [5.74, 6) is -0.218. The van der Waals surface area contributed by atoms with Gasteiger partial charge in [0.25, 0.3) is 15.9 Å². The maximum Gasteiger partial charge on any atom is 0.264 e. The first-order chi connectivity index (χ1) is 14.8. The maximum atomic E-state index is 13.5. The van der Waals surface area contributed by atoms with E-state index in [0.29, 0.717) is 31.4 Å². The van der Waals surface area contributed by atoms with E-state index in [1.54, 1.807) is 4.90 Å². The van der Waals surface area contributed by atoms with E-state index in [-0.39, 0.29) is 21.4 Å². The quantitative estimate of drug-likeness (QED) is 0.697. The zero-order valence-electron chi connectivity index (χ0n) is 17.9. The number of aryl methyl sites for hydroxylation is 1. The number of para-hydroxylation sites is 1. The van der Waals surface area contributed by atoms with Crippen LogP contribution in [0, 0.1) is 0 Å². The van der Waals surface area contributed by atoms with Gasteiger partial charge in [-0.2, -0.15) is 0 Å². The Morgan fingerprint density at radius 3 is 2.42 bits per heavy atom. The second-order valence-electron chi connectivity index (χ2n) is 8.37. The second kappa shape index (κ2) is 8.81. The Labute approximate surface area is 189 Å². The van der Waals surface area contributed by atoms with Crippen molar-refractivity contribution < 1.29 is 13.2 Å². The van der Waals surface area contributed by atoms with Gasteiger partial charge in [-0.1, -0.05) is 29.8 Å². The highest BCUT2D eigenvalue weighted by Crippen LogP contribution is 2.33. The van der Waals surface area contributed by atoms with Crippen LogP contribution >= 0.6 is 11.6 Å². The number of fused-ring (bicyclic) bond motifs is 1. The summed E-state index contributed by atoms with van der Waals surface area (Å²) in [6.07, 6.45) is 1.62. The van der Waals surface area contributed by atoms with Gasteiger partial charge in [-0.15, -0.1) is 0 Å². The standard InChI is InChI=1S/C23H28ClN3O3S/c1-17(2)25-12-14-26(15-13-25)23(28)20-16-19(9-10-21(20)24)31(29,30)27-11-5-7-18-6-3-4-8-22(18)27/h3-4,6,8-10,16-17H,5,7,11-15H2,1-2H3. The topological polar surface area (TPSA) is 60.9 Å². The van der Waals surface area contributed by atoms with Crippen molar-refractivity contribution in [1.29, 1.82) is 0 Å². The summed E-state index contributed by atoms with van der Waals surface area (Å²) < 4.78 is 28.4. The molecule has 2 aliphatic heterocycles. The third-order valence-corrected chi connectivity index (χ3v) is 8.29. The van der Waals surface area contributed by atoms with Crippen molar-refractivity contribution in [3.63, 3.8) is 0 Å². The van der Waals surface area contributed by atoms with E-state index >= 15 is 0 Å². The van der Waals surface area contributed by atoms with Gasteiger partial charge in [-0.3, -0.25) is 14.0 Å². The number of benzene rings is 2. The number of rotatable bonds is 4. The van der Waals surface area contributed by atoms with E-state index in [0.717, 1.165) is 31.5 Å². The summed E-state index contributed by atoms with van der Waals surface area (Å²) in [6, 6.07) is 12.4. The van der Waals surface area contributed by atoms with Gasteiger partial charge in [-0.05, 0) is 56.5 Å². The molecule has 0 aliphatic carbocycles. The van der Waals surface area contributed by atoms with Gasteiger partial charge in [0.05, 0.1) is 21.2 Å². The van der Waals surface area contributed by atoms with Crippen LogP contribution in [0.3, 0.4) is 0 Å². The Kier molecular flexibility index (Phi) is 6.28. The molecule has 1 saturated heterocycles. The summed E-state index contributed by atoms with van der Waals surface area (Å²) in [5, 5.41) is 0.272. The molecule has 0 bridgehead atoms. The predicted molar refractivity (Wildman–Crippen MR) is 123 cm³/mol. The summed E-state index contributed by atoms with van der Waals surface area (Å²) in [4.78, 5) is 17.3. The van der Waals surface area contributed by atoms with Crippen LogP contribution in [-0.2, 0) is 16.4 Å². The van der Waals surface area contributed by atoms with Gasteiger partial charge in [0.2, 0.25) is 0 Å². The van der Waals surface area contributed by atoms with Gasteiger partial charge >= 0.3 is 0 Å². The predicted octanol–water partition coefficient (Wildman–Crippen LogP) is 3.65. The molecule has 166 valence electrons. The molecule has 31 heavy (non-hydrogen) atoms.